The number of morpholine rings is 1. The lowest BCUT2D eigenvalue weighted by Gasteiger charge is -2.22. The second-order valence-corrected chi connectivity index (χ2v) is 6.08. The number of hydrogen-bond acceptors (Lipinski definition) is 5. The van der Waals surface area contributed by atoms with Crippen molar-refractivity contribution in [3.8, 4) is 0 Å². The number of sulfone groups is 1. The zero-order chi connectivity index (χ0) is 11.3. The molecule has 1 rings (SSSR count). The molecule has 0 aromatic carbocycles. The molecule has 0 bridgehead atoms. The molecule has 0 aliphatic carbocycles. The van der Waals surface area contributed by atoms with E-state index in [-0.39, 0.29) is 24.1 Å². The Labute approximate surface area is 90.1 Å². The first-order valence-electron chi connectivity index (χ1n) is 4.99. The molecule has 1 unspecified atom stereocenters. The van der Waals surface area contributed by atoms with Crippen LogP contribution in [0.25, 0.3) is 0 Å². The largest absolute Gasteiger partial charge is 0.375 e. The van der Waals surface area contributed by atoms with Crippen molar-refractivity contribution in [2.45, 2.75) is 18.9 Å². The van der Waals surface area contributed by atoms with Crippen LogP contribution in [0.1, 0.15) is 12.8 Å². The van der Waals surface area contributed by atoms with Gasteiger partial charge in [-0.15, -0.1) is 0 Å². The lowest BCUT2D eigenvalue weighted by Crippen LogP contribution is -2.39. The first kappa shape index (κ1) is 12.6. The highest BCUT2D eigenvalue weighted by Gasteiger charge is 2.18. The number of ether oxygens (including phenoxy) is 1. The molecule has 1 aliphatic heterocycles. The fourth-order valence-corrected chi connectivity index (χ4v) is 2.00. The molecule has 6 heteroatoms. The molecule has 0 aromatic heterocycles. The molecule has 0 aromatic rings. The second kappa shape index (κ2) is 5.58. The van der Waals surface area contributed by atoms with Crippen LogP contribution in [0.4, 0.5) is 0 Å². The maximum atomic E-state index is 11.4. The topological polar surface area (TPSA) is 72.5 Å². The predicted molar refractivity (Wildman–Crippen MR) is 56.6 cm³/mol. The molecule has 1 atom stereocenters. The van der Waals surface area contributed by atoms with Crippen LogP contribution < -0.4 is 5.32 Å². The third-order valence-electron chi connectivity index (χ3n) is 2.21. The average molecular weight is 235 g/mol. The summed E-state index contributed by atoms with van der Waals surface area (Å²) in [6.07, 6.45) is 1.45. The maximum Gasteiger partial charge on any atom is 0.147 e. The summed E-state index contributed by atoms with van der Waals surface area (Å²) in [5.41, 5.74) is 0. The molecule has 0 saturated carbocycles. The van der Waals surface area contributed by atoms with E-state index in [1.165, 1.54) is 0 Å². The monoisotopic (exact) mass is 235 g/mol. The van der Waals surface area contributed by atoms with Crippen LogP contribution >= 0.6 is 0 Å². The molecule has 1 aliphatic rings. The number of carbonyl (C=O) groups excluding carboxylic acids is 1. The van der Waals surface area contributed by atoms with Gasteiger partial charge in [0.25, 0.3) is 0 Å². The van der Waals surface area contributed by atoms with Gasteiger partial charge in [-0.25, -0.2) is 8.42 Å². The summed E-state index contributed by atoms with van der Waals surface area (Å²) in [5.74, 6) is -0.111. The van der Waals surface area contributed by atoms with Crippen molar-refractivity contribution < 1.29 is 17.9 Å². The van der Waals surface area contributed by atoms with E-state index in [4.69, 9.17) is 4.74 Å². The molecule has 1 fully saturated rings. The Morgan fingerprint density at radius 1 is 1.53 bits per heavy atom. The van der Waals surface area contributed by atoms with Crippen molar-refractivity contribution in [2.24, 2.45) is 0 Å². The smallest absolute Gasteiger partial charge is 0.147 e. The zero-order valence-corrected chi connectivity index (χ0v) is 9.68. The fourth-order valence-electron chi connectivity index (χ4n) is 1.41. The summed E-state index contributed by atoms with van der Waals surface area (Å²) in [4.78, 5) is 11.4. The van der Waals surface area contributed by atoms with Crippen LogP contribution in [0.2, 0.25) is 0 Å². The molecule has 1 heterocycles. The first-order chi connectivity index (χ1) is 6.97. The summed E-state index contributed by atoms with van der Waals surface area (Å²) >= 11 is 0. The van der Waals surface area contributed by atoms with Gasteiger partial charge in [-0.3, -0.25) is 4.79 Å². The van der Waals surface area contributed by atoms with Gasteiger partial charge in [0.1, 0.15) is 15.6 Å². The molecule has 0 spiro atoms. The number of nitrogens with one attached hydrogen (secondary N) is 1. The van der Waals surface area contributed by atoms with Gasteiger partial charge >= 0.3 is 0 Å². The van der Waals surface area contributed by atoms with Crippen molar-refractivity contribution in [3.63, 3.8) is 0 Å². The average Bonchev–Trinajstić information content (AvgIpc) is 2.15. The Balaban J connectivity index is 2.23. The quantitative estimate of drug-likeness (QED) is 0.687. The van der Waals surface area contributed by atoms with E-state index < -0.39 is 9.84 Å². The highest BCUT2D eigenvalue weighted by atomic mass is 32.2. The van der Waals surface area contributed by atoms with Gasteiger partial charge in [0.15, 0.2) is 0 Å². The summed E-state index contributed by atoms with van der Waals surface area (Å²) < 4.78 is 27.0. The van der Waals surface area contributed by atoms with Crippen molar-refractivity contribution in [3.05, 3.63) is 0 Å². The van der Waals surface area contributed by atoms with E-state index in [9.17, 15) is 13.2 Å². The van der Waals surface area contributed by atoms with E-state index in [0.717, 1.165) is 12.8 Å². The summed E-state index contributed by atoms with van der Waals surface area (Å²) in [6, 6.07) is 0. The Hall–Kier alpha value is -0.460. The number of carbonyl (C=O) groups is 1. The van der Waals surface area contributed by atoms with Crippen molar-refractivity contribution in [2.75, 3.05) is 31.7 Å². The van der Waals surface area contributed by atoms with Crippen molar-refractivity contribution in [1.29, 1.82) is 0 Å². The minimum atomic E-state index is -3.04. The third kappa shape index (κ3) is 5.86. The van der Waals surface area contributed by atoms with Gasteiger partial charge in [0, 0.05) is 32.2 Å². The van der Waals surface area contributed by atoms with Gasteiger partial charge < -0.3 is 10.1 Å². The van der Waals surface area contributed by atoms with Gasteiger partial charge in [-0.2, -0.15) is 0 Å². The number of hydrogen-bond donors (Lipinski definition) is 1. The molecule has 15 heavy (non-hydrogen) atoms. The number of ketones is 1. The standard InChI is InChI=1S/C9H17NO4S/c1-15(12,13)5-2-8(11)6-9-7-10-3-4-14-9/h9-10H,2-7H2,1H3. The van der Waals surface area contributed by atoms with E-state index in [2.05, 4.69) is 5.32 Å². The highest BCUT2D eigenvalue weighted by molar-refractivity contribution is 7.90. The predicted octanol–water partition coefficient (Wildman–Crippen LogP) is -0.631. The lowest BCUT2D eigenvalue weighted by molar-refractivity contribution is -0.122. The van der Waals surface area contributed by atoms with Gasteiger partial charge in [-0.1, -0.05) is 0 Å². The fraction of sp³-hybridized carbons (Fsp3) is 0.889. The minimum absolute atomic E-state index is 0.0471. The number of Topliss-reactive ketones (excluding diaryl/α,β-unsaturated/α-hetero) is 1. The summed E-state index contributed by atoms with van der Waals surface area (Å²) in [6.45, 7) is 2.10. The minimum Gasteiger partial charge on any atom is -0.375 e. The highest BCUT2D eigenvalue weighted by Crippen LogP contribution is 2.04. The normalized spacial score (nSPS) is 22.6. The maximum absolute atomic E-state index is 11.4. The molecule has 1 N–H and O–H groups in total. The van der Waals surface area contributed by atoms with E-state index >= 15 is 0 Å². The molecule has 88 valence electrons. The lowest BCUT2D eigenvalue weighted by atomic mass is 10.1. The van der Waals surface area contributed by atoms with Crippen LogP contribution in [0.5, 0.6) is 0 Å². The van der Waals surface area contributed by atoms with Crippen molar-refractivity contribution >= 4 is 15.6 Å². The summed E-state index contributed by atoms with van der Waals surface area (Å²) in [5, 5.41) is 3.12. The Bertz CT molecular complexity index is 306. The second-order valence-electron chi connectivity index (χ2n) is 3.82. The van der Waals surface area contributed by atoms with E-state index in [1.54, 1.807) is 0 Å². The Morgan fingerprint density at radius 3 is 2.80 bits per heavy atom. The van der Waals surface area contributed by atoms with Crippen molar-refractivity contribution in [1.82, 2.24) is 5.32 Å². The molecular formula is C9H17NO4S. The summed E-state index contributed by atoms with van der Waals surface area (Å²) in [7, 11) is -3.04. The third-order valence-corrected chi connectivity index (χ3v) is 3.16. The van der Waals surface area contributed by atoms with Gasteiger partial charge in [-0.05, 0) is 0 Å². The van der Waals surface area contributed by atoms with Crippen LogP contribution in [0, 0.1) is 0 Å². The molecule has 0 amide bonds. The molecule has 5 nitrogen and oxygen atoms in total. The molecule has 1 saturated heterocycles. The van der Waals surface area contributed by atoms with Crippen LogP contribution in [0.15, 0.2) is 0 Å². The van der Waals surface area contributed by atoms with Crippen LogP contribution in [0.3, 0.4) is 0 Å². The van der Waals surface area contributed by atoms with Gasteiger partial charge in [0.2, 0.25) is 0 Å². The van der Waals surface area contributed by atoms with E-state index in [0.29, 0.717) is 19.6 Å². The van der Waals surface area contributed by atoms with Crippen LogP contribution in [-0.4, -0.2) is 52.0 Å². The first-order valence-corrected chi connectivity index (χ1v) is 7.05. The molecule has 0 radical (unpaired) electrons. The SMILES string of the molecule is CS(=O)(=O)CCC(=O)CC1CNCCO1. The van der Waals surface area contributed by atoms with E-state index in [1.807, 2.05) is 0 Å². The Morgan fingerprint density at radius 2 is 2.27 bits per heavy atom. The number of rotatable bonds is 5. The Kier molecular flexibility index (Phi) is 4.69. The zero-order valence-electron chi connectivity index (χ0n) is 8.86. The van der Waals surface area contributed by atoms with Crippen LogP contribution in [-0.2, 0) is 19.4 Å². The molecular weight excluding hydrogens is 218 g/mol. The van der Waals surface area contributed by atoms with Gasteiger partial charge in [0.05, 0.1) is 18.5 Å².